The second-order valence-electron chi connectivity index (χ2n) is 0. The molecule has 0 aliphatic rings. The van der Waals surface area contributed by atoms with E-state index >= 15 is 0 Å². The fourth-order valence-corrected chi connectivity index (χ4v) is 0. The Bertz CT molecular complexity index is 8.00. The smallest absolute Gasteiger partial charge is 0 e. The molecule has 0 nitrogen and oxygen atoms in total. The van der Waals surface area contributed by atoms with Crippen molar-refractivity contribution in [1.29, 1.82) is 0 Å². The van der Waals surface area contributed by atoms with Crippen LogP contribution in [0.15, 0.2) is 0 Å². The summed E-state index contributed by atoms with van der Waals surface area (Å²) in [5.74, 6) is 0. The van der Waals surface area contributed by atoms with E-state index in [2.05, 4.69) is 0 Å². The molecular weight excluding hydrogens is 586 g/mol. The van der Waals surface area contributed by atoms with Gasteiger partial charge in [0.1, 0.15) is 0 Å². The van der Waals surface area contributed by atoms with Gasteiger partial charge in [-0.3, -0.25) is 0 Å². The molecule has 0 N–H and O–H groups in total. The van der Waals surface area contributed by atoms with Gasteiger partial charge in [0, 0.05) is 102 Å². The molecule has 0 heterocycles. The first-order valence-electron chi connectivity index (χ1n) is 0. The van der Waals surface area contributed by atoms with Gasteiger partial charge in [-0.25, -0.2) is 0 Å². The van der Waals surface area contributed by atoms with Gasteiger partial charge in [0.2, 0.25) is 0 Å². The van der Waals surface area contributed by atoms with Crippen LogP contribution in [-0.4, -0.2) is 27.3 Å². The fraction of sp³-hybridized carbons (Fsp3) is 0. The van der Waals surface area contributed by atoms with Crippen LogP contribution < -0.4 is 0 Å². The van der Waals surface area contributed by atoms with Crippen molar-refractivity contribution in [3.8, 4) is 0 Å². The minimum atomic E-state index is 0. The van der Waals surface area contributed by atoms with Crippen LogP contribution in [-0.2, 0) is 74.4 Å². The van der Waals surface area contributed by atoms with Gasteiger partial charge in [0.05, 0.1) is 0 Å². The molecule has 0 bridgehead atoms. The van der Waals surface area contributed by atoms with Crippen LogP contribution >= 0.6 is 0 Å². The second-order valence-corrected chi connectivity index (χ2v) is 0. The van der Waals surface area contributed by atoms with Crippen molar-refractivity contribution in [3.63, 3.8) is 0 Å². The SMILES string of the molecule is [Cd].[Hg].[Pb].[Zn]. The van der Waals surface area contributed by atoms with Gasteiger partial charge in [-0.2, -0.15) is 0 Å². The van der Waals surface area contributed by atoms with Crippen molar-refractivity contribution in [3.05, 3.63) is 0 Å². The summed E-state index contributed by atoms with van der Waals surface area (Å²) in [6, 6.07) is 0. The molecule has 0 spiro atoms. The summed E-state index contributed by atoms with van der Waals surface area (Å²) in [7, 11) is 0. The Morgan fingerprint density at radius 3 is 1.00 bits per heavy atom. The molecule has 10 valence electrons. The fourth-order valence-electron chi connectivity index (χ4n) is 0. The molecule has 0 aromatic carbocycles. The number of hydrogen-bond acceptors (Lipinski definition) is 0. The zero-order valence-electron chi connectivity index (χ0n) is 2.62. The van der Waals surface area contributed by atoms with Gasteiger partial charge < -0.3 is 0 Å². The zero-order valence-corrected chi connectivity index (χ0v) is 19.0. The Hall–Kier alpha value is 3.40. The molecule has 0 amide bonds. The van der Waals surface area contributed by atoms with Gasteiger partial charge in [-0.05, 0) is 0 Å². The van der Waals surface area contributed by atoms with Crippen LogP contribution in [0.2, 0.25) is 0 Å². The summed E-state index contributed by atoms with van der Waals surface area (Å²) in [4.78, 5) is 0. The van der Waals surface area contributed by atoms with Crippen molar-refractivity contribution >= 4 is 27.3 Å². The average Bonchev–Trinajstić information content (AvgIpc) is 0. The van der Waals surface area contributed by atoms with Crippen LogP contribution in [0.3, 0.4) is 0 Å². The van der Waals surface area contributed by atoms with E-state index in [0.29, 0.717) is 0 Å². The largest absolute Gasteiger partial charge is 0 e. The molecule has 0 saturated carbocycles. The molecule has 0 aromatic rings. The molecule has 0 fully saturated rings. The predicted molar refractivity (Wildman–Crippen MR) is 5.75 cm³/mol. The first-order valence-corrected chi connectivity index (χ1v) is 0. The Kier molecular flexibility index (Phi) is 106. The van der Waals surface area contributed by atoms with Crippen molar-refractivity contribution in [2.75, 3.05) is 0 Å². The van der Waals surface area contributed by atoms with E-state index in [4.69, 9.17) is 0 Å². The third kappa shape index (κ3) is 9.04. The van der Waals surface area contributed by atoms with Crippen molar-refractivity contribution < 1.29 is 74.4 Å². The molecule has 0 aliphatic carbocycles. The maximum absolute atomic E-state index is 0. The predicted octanol–water partition coefficient (Wildman–Crippen LogP) is -0.388. The normalized spacial score (nSPS) is 0. The van der Waals surface area contributed by atoms with E-state index in [1.165, 1.54) is 0 Å². The minimum absolute atomic E-state index is 0. The Morgan fingerprint density at radius 1 is 1.00 bits per heavy atom. The Labute approximate surface area is 99.4 Å². The van der Waals surface area contributed by atoms with Gasteiger partial charge >= 0.3 is 0 Å². The van der Waals surface area contributed by atoms with E-state index < -0.39 is 0 Å². The first-order chi connectivity index (χ1) is 0. The molecule has 4 radical (unpaired) electrons. The summed E-state index contributed by atoms with van der Waals surface area (Å²) in [6.07, 6.45) is 0. The summed E-state index contributed by atoms with van der Waals surface area (Å²) in [6.45, 7) is 0. The zero-order chi connectivity index (χ0) is 0. The van der Waals surface area contributed by atoms with Crippen LogP contribution in [0.25, 0.3) is 0 Å². The Balaban J connectivity index is 0. The van der Waals surface area contributed by atoms with Crippen LogP contribution in [0.5, 0.6) is 0 Å². The first kappa shape index (κ1) is 26.2. The summed E-state index contributed by atoms with van der Waals surface area (Å²) in [5, 5.41) is 0. The summed E-state index contributed by atoms with van der Waals surface area (Å²) in [5.41, 5.74) is 0. The molecule has 0 aromatic heterocycles. The van der Waals surface area contributed by atoms with Crippen LogP contribution in [0.1, 0.15) is 0 Å². The second kappa shape index (κ2) is 16.1. The van der Waals surface area contributed by atoms with Crippen molar-refractivity contribution in [2.45, 2.75) is 0 Å². The van der Waals surface area contributed by atoms with Gasteiger partial charge in [0.25, 0.3) is 0 Å². The Morgan fingerprint density at radius 2 is 1.00 bits per heavy atom. The summed E-state index contributed by atoms with van der Waals surface area (Å²) < 4.78 is 0. The maximum atomic E-state index is 0. The van der Waals surface area contributed by atoms with E-state index in [-0.39, 0.29) is 102 Å². The topological polar surface area (TPSA) is 0 Å². The van der Waals surface area contributed by atoms with E-state index in [1.54, 1.807) is 0 Å². The molecular formula is CdHgPbZn. The van der Waals surface area contributed by atoms with E-state index in [9.17, 15) is 0 Å². The maximum Gasteiger partial charge on any atom is 0 e. The molecule has 0 atom stereocenters. The number of rotatable bonds is 0. The minimum Gasteiger partial charge on any atom is 0 e. The molecule has 0 rings (SSSR count). The monoisotopic (exact) mass is 588 g/mol. The van der Waals surface area contributed by atoms with Gasteiger partial charge in [0.15, 0.2) is 0 Å². The third-order valence-corrected chi connectivity index (χ3v) is 0. The van der Waals surface area contributed by atoms with Gasteiger partial charge in [-0.1, -0.05) is 0 Å². The molecule has 4 heavy (non-hydrogen) atoms. The quantitative estimate of drug-likeness (QED) is 0.340. The van der Waals surface area contributed by atoms with Crippen molar-refractivity contribution in [2.24, 2.45) is 0 Å². The van der Waals surface area contributed by atoms with E-state index in [0.717, 1.165) is 0 Å². The number of hydrogen-bond donors (Lipinski definition) is 0. The third-order valence-electron chi connectivity index (χ3n) is 0. The molecule has 0 unspecified atom stereocenters. The molecule has 0 aliphatic heterocycles. The van der Waals surface area contributed by atoms with Crippen molar-refractivity contribution in [1.82, 2.24) is 0 Å². The van der Waals surface area contributed by atoms with Crippen LogP contribution in [0, 0.1) is 0 Å². The van der Waals surface area contributed by atoms with Gasteiger partial charge in [-0.15, -0.1) is 0 Å². The average molecular weight is 586 g/mol. The standard InChI is InChI=1S/Cd.Hg.Pb.Zn. The summed E-state index contributed by atoms with van der Waals surface area (Å²) >= 11 is 0. The molecule has 0 saturated heterocycles. The molecule has 4 heteroatoms. The van der Waals surface area contributed by atoms with Crippen LogP contribution in [0.4, 0.5) is 0 Å². The van der Waals surface area contributed by atoms with E-state index in [1.807, 2.05) is 0 Å².